The van der Waals surface area contributed by atoms with Gasteiger partial charge in [-0.15, -0.1) is 0 Å². The molecule has 1 N–H and O–H groups in total. The van der Waals surface area contributed by atoms with Crippen LogP contribution in [0.5, 0.6) is 0 Å². The maximum absolute atomic E-state index is 7.62. The SMILES string of the molecule is CCC(=N)C1=C/C=C/C=C\C=C1. The van der Waals surface area contributed by atoms with E-state index >= 15 is 0 Å². The summed E-state index contributed by atoms with van der Waals surface area (Å²) in [6.07, 6.45) is 14.5. The van der Waals surface area contributed by atoms with Crippen molar-refractivity contribution in [2.24, 2.45) is 0 Å². The molecule has 62 valence electrons. The van der Waals surface area contributed by atoms with Crippen LogP contribution >= 0.6 is 0 Å². The van der Waals surface area contributed by atoms with Gasteiger partial charge in [-0.25, -0.2) is 0 Å². The van der Waals surface area contributed by atoms with Crippen molar-refractivity contribution in [3.63, 3.8) is 0 Å². The molecule has 0 bridgehead atoms. The number of nitrogens with one attached hydrogen (secondary N) is 1. The number of hydrogen-bond donors (Lipinski definition) is 1. The van der Waals surface area contributed by atoms with Gasteiger partial charge < -0.3 is 5.41 Å². The van der Waals surface area contributed by atoms with E-state index in [4.69, 9.17) is 5.41 Å². The minimum absolute atomic E-state index is 0.686. The van der Waals surface area contributed by atoms with E-state index in [-0.39, 0.29) is 0 Å². The summed E-state index contributed by atoms with van der Waals surface area (Å²) < 4.78 is 0. The lowest BCUT2D eigenvalue weighted by atomic mass is 10.1. The van der Waals surface area contributed by atoms with Crippen molar-refractivity contribution in [3.05, 3.63) is 48.1 Å². The van der Waals surface area contributed by atoms with Crippen LogP contribution in [0, 0.1) is 5.41 Å². The Balaban J connectivity index is 2.82. The molecule has 1 aliphatic rings. The summed E-state index contributed by atoms with van der Waals surface area (Å²) in [7, 11) is 0. The fraction of sp³-hybridized carbons (Fsp3) is 0.182. The van der Waals surface area contributed by atoms with Crippen LogP contribution in [0.3, 0.4) is 0 Å². The van der Waals surface area contributed by atoms with E-state index in [1.807, 2.05) is 49.5 Å². The third-order valence-corrected chi connectivity index (χ3v) is 1.70. The average Bonchev–Trinajstić information content (AvgIpc) is 2.02. The molecule has 0 saturated heterocycles. The molecule has 1 heteroatoms. The van der Waals surface area contributed by atoms with Crippen LogP contribution in [0.1, 0.15) is 13.3 Å². The summed E-state index contributed by atoms with van der Waals surface area (Å²) >= 11 is 0. The third-order valence-electron chi connectivity index (χ3n) is 1.70. The minimum atomic E-state index is 0.686. The first-order chi connectivity index (χ1) is 5.84. The fourth-order valence-corrected chi connectivity index (χ4v) is 0.972. The molecule has 0 heterocycles. The summed E-state index contributed by atoms with van der Waals surface area (Å²) in [4.78, 5) is 0. The van der Waals surface area contributed by atoms with E-state index in [1.54, 1.807) is 0 Å². The molecular formula is C11H13N. The van der Waals surface area contributed by atoms with Gasteiger partial charge in [-0.05, 0) is 12.0 Å². The summed E-state index contributed by atoms with van der Waals surface area (Å²) in [6, 6.07) is 0. The highest BCUT2D eigenvalue weighted by Crippen LogP contribution is 2.05. The van der Waals surface area contributed by atoms with E-state index in [0.717, 1.165) is 12.0 Å². The van der Waals surface area contributed by atoms with Crippen molar-refractivity contribution in [2.75, 3.05) is 0 Å². The largest absolute Gasteiger partial charge is 0.305 e. The van der Waals surface area contributed by atoms with Gasteiger partial charge in [0.25, 0.3) is 0 Å². The van der Waals surface area contributed by atoms with Crippen LogP contribution < -0.4 is 0 Å². The van der Waals surface area contributed by atoms with E-state index in [2.05, 4.69) is 0 Å². The molecule has 1 nitrogen and oxygen atoms in total. The molecule has 0 aromatic rings. The van der Waals surface area contributed by atoms with E-state index in [9.17, 15) is 0 Å². The first kappa shape index (κ1) is 8.72. The quantitative estimate of drug-likeness (QED) is 0.599. The summed E-state index contributed by atoms with van der Waals surface area (Å²) in [5, 5.41) is 7.62. The maximum atomic E-state index is 7.62. The maximum Gasteiger partial charge on any atom is 0.0383 e. The number of allylic oxidation sites excluding steroid dienone is 8. The lowest BCUT2D eigenvalue weighted by Gasteiger charge is -2.00. The minimum Gasteiger partial charge on any atom is -0.305 e. The van der Waals surface area contributed by atoms with Crippen LogP contribution in [0.4, 0.5) is 0 Å². The zero-order valence-corrected chi connectivity index (χ0v) is 7.25. The Morgan fingerprint density at radius 3 is 2.58 bits per heavy atom. The molecule has 0 radical (unpaired) electrons. The van der Waals surface area contributed by atoms with Gasteiger partial charge >= 0.3 is 0 Å². The molecule has 0 saturated carbocycles. The Kier molecular flexibility index (Phi) is 3.27. The molecule has 0 amide bonds. The Morgan fingerprint density at radius 1 is 1.17 bits per heavy atom. The molecule has 0 spiro atoms. The second-order valence-corrected chi connectivity index (χ2v) is 2.58. The summed E-state index contributed by atoms with van der Waals surface area (Å²) in [6.45, 7) is 2.00. The van der Waals surface area contributed by atoms with Crippen LogP contribution in [0.2, 0.25) is 0 Å². The Hall–Kier alpha value is -1.37. The normalized spacial score (nSPS) is 20.6. The standard InChI is InChI=1S/C11H13N/c1-2-11(12)10-8-6-4-3-5-7-9-10/h3-9,12H,2H2,1H3/b4-3-,5-3?,6-4?,7-5+,8-6?,9-7?,10-8?,10-9?,12-11?. The van der Waals surface area contributed by atoms with E-state index in [1.165, 1.54) is 0 Å². The first-order valence-electron chi connectivity index (χ1n) is 4.14. The lowest BCUT2D eigenvalue weighted by molar-refractivity contribution is 1.24. The van der Waals surface area contributed by atoms with Gasteiger partial charge in [-0.1, -0.05) is 49.5 Å². The van der Waals surface area contributed by atoms with Gasteiger partial charge in [0.05, 0.1) is 0 Å². The fourth-order valence-electron chi connectivity index (χ4n) is 0.972. The van der Waals surface area contributed by atoms with Crippen LogP contribution in [-0.4, -0.2) is 5.71 Å². The topological polar surface area (TPSA) is 23.9 Å². The summed E-state index contributed by atoms with van der Waals surface area (Å²) in [5.74, 6) is 0. The zero-order valence-electron chi connectivity index (χ0n) is 7.25. The van der Waals surface area contributed by atoms with Gasteiger partial charge in [0, 0.05) is 5.71 Å². The molecular weight excluding hydrogens is 146 g/mol. The smallest absolute Gasteiger partial charge is 0.0383 e. The second kappa shape index (κ2) is 4.50. The highest BCUT2D eigenvalue weighted by Gasteiger charge is 1.96. The molecule has 0 atom stereocenters. The molecule has 0 aromatic heterocycles. The van der Waals surface area contributed by atoms with Crippen LogP contribution in [0.25, 0.3) is 0 Å². The van der Waals surface area contributed by atoms with Gasteiger partial charge in [0.15, 0.2) is 0 Å². The lowest BCUT2D eigenvalue weighted by Crippen LogP contribution is -1.96. The molecule has 1 rings (SSSR count). The van der Waals surface area contributed by atoms with Crippen LogP contribution in [-0.2, 0) is 0 Å². The Bertz CT molecular complexity index is 277. The van der Waals surface area contributed by atoms with E-state index in [0.29, 0.717) is 5.71 Å². The highest BCUT2D eigenvalue weighted by molar-refractivity contribution is 6.00. The number of rotatable bonds is 2. The van der Waals surface area contributed by atoms with Gasteiger partial charge in [-0.2, -0.15) is 0 Å². The highest BCUT2D eigenvalue weighted by atomic mass is 14.4. The van der Waals surface area contributed by atoms with E-state index < -0.39 is 0 Å². The predicted molar refractivity (Wildman–Crippen MR) is 53.5 cm³/mol. The molecule has 0 aromatic carbocycles. The first-order valence-corrected chi connectivity index (χ1v) is 4.14. The molecule has 1 aliphatic carbocycles. The molecule has 0 aliphatic heterocycles. The van der Waals surface area contributed by atoms with Crippen LogP contribution in [0.15, 0.2) is 48.1 Å². The number of hydrogen-bond acceptors (Lipinski definition) is 1. The van der Waals surface area contributed by atoms with Crippen molar-refractivity contribution in [3.8, 4) is 0 Å². The predicted octanol–water partition coefficient (Wildman–Crippen LogP) is 3.02. The zero-order chi connectivity index (χ0) is 8.81. The monoisotopic (exact) mass is 159 g/mol. The molecule has 0 unspecified atom stereocenters. The van der Waals surface area contributed by atoms with Crippen molar-refractivity contribution in [2.45, 2.75) is 13.3 Å². The Labute approximate surface area is 73.3 Å². The van der Waals surface area contributed by atoms with Crippen molar-refractivity contribution in [1.29, 1.82) is 5.41 Å². The molecule has 12 heavy (non-hydrogen) atoms. The summed E-state index contributed by atoms with van der Waals surface area (Å²) in [5.41, 5.74) is 1.68. The third kappa shape index (κ3) is 2.35. The van der Waals surface area contributed by atoms with Crippen molar-refractivity contribution in [1.82, 2.24) is 0 Å². The second-order valence-electron chi connectivity index (χ2n) is 2.58. The van der Waals surface area contributed by atoms with Crippen molar-refractivity contribution >= 4 is 5.71 Å². The average molecular weight is 159 g/mol. The van der Waals surface area contributed by atoms with Crippen molar-refractivity contribution < 1.29 is 0 Å². The van der Waals surface area contributed by atoms with Gasteiger partial charge in [-0.3, -0.25) is 0 Å². The Morgan fingerprint density at radius 2 is 1.83 bits per heavy atom. The van der Waals surface area contributed by atoms with Gasteiger partial charge in [0.2, 0.25) is 0 Å². The van der Waals surface area contributed by atoms with Gasteiger partial charge in [0.1, 0.15) is 0 Å². The molecule has 0 fully saturated rings.